The van der Waals surface area contributed by atoms with Crippen LogP contribution in [0.4, 0.5) is 0 Å². The number of pyridine rings is 1. The molecule has 0 aliphatic rings. The van der Waals surface area contributed by atoms with Crippen LogP contribution >= 0.6 is 0 Å². The Bertz CT molecular complexity index is 310. The van der Waals surface area contributed by atoms with Crippen molar-refractivity contribution in [3.05, 3.63) is 36.2 Å². The topological polar surface area (TPSA) is 36.5 Å². The molecule has 4 heteroatoms. The highest BCUT2D eigenvalue weighted by Gasteiger charge is 1.96. The molecule has 0 amide bonds. The van der Waals surface area contributed by atoms with Crippen molar-refractivity contribution in [1.82, 2.24) is 0 Å². The van der Waals surface area contributed by atoms with E-state index in [9.17, 15) is 0 Å². The number of rotatable bonds is 2. The van der Waals surface area contributed by atoms with E-state index in [2.05, 4.69) is 5.16 Å². The largest absolute Gasteiger partial charge is 1.00 e. The number of nitrogens with zero attached hydrogens (tertiary/aromatic N) is 2. The highest BCUT2D eigenvalue weighted by atomic mass is 127. The van der Waals surface area contributed by atoms with Gasteiger partial charge in [-0.05, 0) is 12.1 Å². The Balaban J connectivity index is 0.00000144. The molecule has 1 rings (SSSR count). The van der Waals surface area contributed by atoms with Crippen molar-refractivity contribution in [1.29, 1.82) is 0 Å². The Morgan fingerprint density at radius 3 is 2.85 bits per heavy atom. The van der Waals surface area contributed by atoms with E-state index in [-0.39, 0.29) is 24.0 Å². The third kappa shape index (κ3) is 4.02. The fourth-order valence-electron chi connectivity index (χ4n) is 0.890. The molecule has 1 aromatic rings. The molecular weight excluding hydrogens is 279 g/mol. The lowest BCUT2D eigenvalue weighted by Crippen LogP contribution is -3.00. The molecule has 1 aromatic heterocycles. The van der Waals surface area contributed by atoms with Crippen LogP contribution in [-0.2, 0) is 7.05 Å². The standard InChI is InChI=1S/C9H10N2O.HI/c1-11-8-3-2-5-9(11)6-4-7-10-12;/h2-8H,1H3;1H. The Kier molecular flexibility index (Phi) is 6.13. The van der Waals surface area contributed by atoms with Gasteiger partial charge in [0.25, 0.3) is 0 Å². The predicted octanol–water partition coefficient (Wildman–Crippen LogP) is -2.01. The fourth-order valence-corrected chi connectivity index (χ4v) is 0.890. The maximum Gasteiger partial charge on any atom is 0.204 e. The molecule has 0 atom stereocenters. The average Bonchev–Trinajstić information content (AvgIpc) is 2.09. The molecule has 0 aromatic carbocycles. The van der Waals surface area contributed by atoms with Crippen LogP contribution < -0.4 is 28.5 Å². The molecule has 1 heterocycles. The smallest absolute Gasteiger partial charge is 0.204 e. The molecule has 0 spiro atoms. The summed E-state index contributed by atoms with van der Waals surface area (Å²) in [7, 11) is 1.95. The van der Waals surface area contributed by atoms with Crippen LogP contribution in [-0.4, -0.2) is 11.4 Å². The summed E-state index contributed by atoms with van der Waals surface area (Å²) in [5.74, 6) is 0. The zero-order valence-electron chi connectivity index (χ0n) is 7.26. The summed E-state index contributed by atoms with van der Waals surface area (Å²) in [5.41, 5.74) is 1.05. The summed E-state index contributed by atoms with van der Waals surface area (Å²) >= 11 is 0. The summed E-state index contributed by atoms with van der Waals surface area (Å²) in [6.45, 7) is 0. The second kappa shape index (κ2) is 6.59. The van der Waals surface area contributed by atoms with Crippen LogP contribution in [0.2, 0.25) is 0 Å². The van der Waals surface area contributed by atoms with Gasteiger partial charge in [0.2, 0.25) is 5.69 Å². The van der Waals surface area contributed by atoms with Crippen LogP contribution in [0.1, 0.15) is 5.69 Å². The molecule has 0 unspecified atom stereocenters. The van der Waals surface area contributed by atoms with Crippen molar-refractivity contribution < 1.29 is 33.8 Å². The summed E-state index contributed by atoms with van der Waals surface area (Å²) in [4.78, 5) is 0. The van der Waals surface area contributed by atoms with E-state index in [4.69, 9.17) is 5.21 Å². The maximum atomic E-state index is 8.12. The molecular formula is C9H11IN2O. The van der Waals surface area contributed by atoms with Gasteiger partial charge in [0.15, 0.2) is 6.20 Å². The monoisotopic (exact) mass is 290 g/mol. The van der Waals surface area contributed by atoms with Crippen molar-refractivity contribution >= 4 is 12.3 Å². The van der Waals surface area contributed by atoms with Gasteiger partial charge in [-0.2, -0.15) is 0 Å². The number of aryl methyl sites for hydroxylation is 1. The number of hydrogen-bond donors (Lipinski definition) is 1. The SMILES string of the molecule is C[n+]1ccccc1C=CC=NO.[I-]. The molecule has 0 saturated carbocycles. The average molecular weight is 290 g/mol. The zero-order valence-corrected chi connectivity index (χ0v) is 9.42. The molecule has 0 radical (unpaired) electrons. The molecule has 0 bridgehead atoms. The van der Waals surface area contributed by atoms with Gasteiger partial charge in [-0.15, -0.1) is 0 Å². The van der Waals surface area contributed by atoms with E-state index in [0.717, 1.165) is 5.69 Å². The highest BCUT2D eigenvalue weighted by molar-refractivity contribution is 5.76. The molecule has 3 nitrogen and oxygen atoms in total. The third-order valence-corrected chi connectivity index (χ3v) is 1.51. The summed E-state index contributed by atoms with van der Waals surface area (Å²) in [6.07, 6.45) is 6.82. The van der Waals surface area contributed by atoms with E-state index in [0.29, 0.717) is 0 Å². The Labute approximate surface area is 94.4 Å². The van der Waals surface area contributed by atoms with E-state index < -0.39 is 0 Å². The minimum absolute atomic E-state index is 0. The van der Waals surface area contributed by atoms with Crippen LogP contribution in [0.3, 0.4) is 0 Å². The van der Waals surface area contributed by atoms with Gasteiger partial charge in [-0.25, -0.2) is 4.57 Å². The fraction of sp³-hybridized carbons (Fsp3) is 0.111. The van der Waals surface area contributed by atoms with Gasteiger partial charge in [-0.1, -0.05) is 5.16 Å². The molecule has 0 fully saturated rings. The van der Waals surface area contributed by atoms with Crippen molar-refractivity contribution in [2.75, 3.05) is 0 Å². The summed E-state index contributed by atoms with van der Waals surface area (Å²) in [6, 6.07) is 5.88. The van der Waals surface area contributed by atoms with Crippen molar-refractivity contribution in [2.24, 2.45) is 12.2 Å². The molecule has 13 heavy (non-hydrogen) atoms. The van der Waals surface area contributed by atoms with Gasteiger partial charge in [0, 0.05) is 18.2 Å². The Morgan fingerprint density at radius 2 is 2.23 bits per heavy atom. The van der Waals surface area contributed by atoms with Crippen molar-refractivity contribution in [3.63, 3.8) is 0 Å². The van der Waals surface area contributed by atoms with E-state index >= 15 is 0 Å². The molecule has 0 saturated heterocycles. The lowest BCUT2D eigenvalue weighted by atomic mass is 10.3. The number of aromatic nitrogens is 1. The first-order valence-electron chi connectivity index (χ1n) is 3.63. The highest BCUT2D eigenvalue weighted by Crippen LogP contribution is 1.92. The maximum absolute atomic E-state index is 8.12. The van der Waals surface area contributed by atoms with Crippen LogP contribution in [0.25, 0.3) is 6.08 Å². The minimum atomic E-state index is 0. The number of halogens is 1. The van der Waals surface area contributed by atoms with Crippen LogP contribution in [0, 0.1) is 0 Å². The normalized spacial score (nSPS) is 10.5. The minimum Gasteiger partial charge on any atom is -1.00 e. The van der Waals surface area contributed by atoms with Crippen molar-refractivity contribution in [2.45, 2.75) is 0 Å². The van der Waals surface area contributed by atoms with Gasteiger partial charge in [0.1, 0.15) is 7.05 Å². The zero-order chi connectivity index (χ0) is 8.81. The molecule has 70 valence electrons. The Hall–Kier alpha value is -0.910. The number of hydrogen-bond acceptors (Lipinski definition) is 2. The van der Waals surface area contributed by atoms with Crippen LogP contribution in [0.5, 0.6) is 0 Å². The van der Waals surface area contributed by atoms with Gasteiger partial charge < -0.3 is 29.2 Å². The Morgan fingerprint density at radius 1 is 1.46 bits per heavy atom. The molecule has 0 aliphatic heterocycles. The summed E-state index contributed by atoms with van der Waals surface area (Å²) in [5, 5.41) is 11.0. The van der Waals surface area contributed by atoms with E-state index in [1.54, 1.807) is 6.08 Å². The lowest BCUT2D eigenvalue weighted by molar-refractivity contribution is -0.673. The van der Waals surface area contributed by atoms with Crippen LogP contribution in [0.15, 0.2) is 35.6 Å². The lowest BCUT2D eigenvalue weighted by Gasteiger charge is -1.89. The molecule has 0 aliphatic carbocycles. The molecule has 1 N–H and O–H groups in total. The number of oxime groups is 1. The first-order chi connectivity index (χ1) is 5.84. The van der Waals surface area contributed by atoms with Gasteiger partial charge in [0.05, 0.1) is 6.21 Å². The van der Waals surface area contributed by atoms with E-state index in [1.807, 2.05) is 42.1 Å². The van der Waals surface area contributed by atoms with E-state index in [1.165, 1.54) is 6.21 Å². The van der Waals surface area contributed by atoms with Gasteiger partial charge >= 0.3 is 0 Å². The quantitative estimate of drug-likeness (QED) is 0.221. The summed E-state index contributed by atoms with van der Waals surface area (Å²) < 4.78 is 1.97. The predicted molar refractivity (Wildman–Crippen MR) is 46.9 cm³/mol. The second-order valence-corrected chi connectivity index (χ2v) is 2.36. The van der Waals surface area contributed by atoms with Gasteiger partial charge in [-0.3, -0.25) is 0 Å². The third-order valence-electron chi connectivity index (χ3n) is 1.51. The van der Waals surface area contributed by atoms with Crippen molar-refractivity contribution in [3.8, 4) is 0 Å². The number of allylic oxidation sites excluding steroid dienone is 1. The second-order valence-electron chi connectivity index (χ2n) is 2.36. The first-order valence-corrected chi connectivity index (χ1v) is 3.63. The first kappa shape index (κ1) is 12.1.